The maximum atomic E-state index is 13.1. The van der Waals surface area contributed by atoms with Gasteiger partial charge in [-0.2, -0.15) is 5.10 Å². The zero-order valence-electron chi connectivity index (χ0n) is 9.82. The molecule has 100 valence electrons. The maximum absolute atomic E-state index is 13.1. The Morgan fingerprint density at radius 3 is 2.42 bits per heavy atom. The first-order chi connectivity index (χ1) is 9.15. The van der Waals surface area contributed by atoms with Crippen LogP contribution in [0.15, 0.2) is 18.2 Å². The van der Waals surface area contributed by atoms with Gasteiger partial charge in [0.15, 0.2) is 11.5 Å². The number of halogens is 2. The Kier molecular flexibility index (Phi) is 2.73. The number of nitrogens with one attached hydrogen (secondary N) is 1. The molecule has 1 aromatic heterocycles. The summed E-state index contributed by atoms with van der Waals surface area (Å²) < 4.78 is 36.9. The number of nitrogens with zero attached hydrogens (tertiary/aromatic N) is 1. The van der Waals surface area contributed by atoms with Crippen molar-refractivity contribution in [2.75, 3.05) is 18.9 Å². The van der Waals surface area contributed by atoms with Gasteiger partial charge < -0.3 is 15.2 Å². The Hall–Kier alpha value is -2.31. The fraction of sp³-hybridized carbons (Fsp3) is 0.250. The van der Waals surface area contributed by atoms with Crippen molar-refractivity contribution in [3.05, 3.63) is 23.8 Å². The summed E-state index contributed by atoms with van der Waals surface area (Å²) in [6, 6.07) is 4.31. The van der Waals surface area contributed by atoms with Crippen LogP contribution in [0.2, 0.25) is 0 Å². The summed E-state index contributed by atoms with van der Waals surface area (Å²) in [6.45, 7) is 0.748. The molecule has 19 heavy (non-hydrogen) atoms. The summed E-state index contributed by atoms with van der Waals surface area (Å²) in [7, 11) is 0. The third kappa shape index (κ3) is 2.07. The minimum Gasteiger partial charge on any atom is -0.486 e. The van der Waals surface area contributed by atoms with E-state index in [2.05, 4.69) is 10.2 Å². The molecule has 0 spiro atoms. The zero-order chi connectivity index (χ0) is 13.4. The number of aromatic amines is 1. The van der Waals surface area contributed by atoms with Gasteiger partial charge in [0.2, 0.25) is 0 Å². The van der Waals surface area contributed by atoms with E-state index in [1.807, 2.05) is 0 Å². The summed E-state index contributed by atoms with van der Waals surface area (Å²) in [5.74, 6) is 1.02. The first kappa shape index (κ1) is 11.8. The first-order valence-corrected chi connectivity index (χ1v) is 5.68. The summed E-state index contributed by atoms with van der Waals surface area (Å²) in [5.41, 5.74) is 6.08. The van der Waals surface area contributed by atoms with E-state index in [9.17, 15) is 8.78 Å². The lowest BCUT2D eigenvalue weighted by Gasteiger charge is -2.20. The molecular formula is C12H11F2N3O2. The van der Waals surface area contributed by atoms with E-state index in [1.165, 1.54) is 18.2 Å². The Morgan fingerprint density at radius 1 is 1.16 bits per heavy atom. The fourth-order valence-electron chi connectivity index (χ4n) is 1.99. The van der Waals surface area contributed by atoms with E-state index >= 15 is 0 Å². The molecule has 0 saturated heterocycles. The van der Waals surface area contributed by atoms with E-state index in [1.54, 1.807) is 0 Å². The smallest absolute Gasteiger partial charge is 0.264 e. The summed E-state index contributed by atoms with van der Waals surface area (Å²) >= 11 is 0. The van der Waals surface area contributed by atoms with Crippen LogP contribution < -0.4 is 15.2 Å². The van der Waals surface area contributed by atoms with Gasteiger partial charge in [-0.15, -0.1) is 0 Å². The SMILES string of the molecule is Nc1cc(-c2cc3c(cc2C(F)F)OCCO3)[nH]n1. The molecule has 0 aliphatic carbocycles. The van der Waals surface area contributed by atoms with Crippen molar-refractivity contribution >= 4 is 5.82 Å². The van der Waals surface area contributed by atoms with Crippen molar-refractivity contribution in [3.63, 3.8) is 0 Å². The average Bonchev–Trinajstić information content (AvgIpc) is 2.83. The average molecular weight is 267 g/mol. The van der Waals surface area contributed by atoms with Gasteiger partial charge in [0.25, 0.3) is 6.43 Å². The Morgan fingerprint density at radius 2 is 1.84 bits per heavy atom. The van der Waals surface area contributed by atoms with E-state index in [4.69, 9.17) is 15.2 Å². The van der Waals surface area contributed by atoms with E-state index in [0.29, 0.717) is 36.0 Å². The Bertz CT molecular complexity index is 613. The van der Waals surface area contributed by atoms with Crippen molar-refractivity contribution in [1.29, 1.82) is 0 Å². The van der Waals surface area contributed by atoms with Crippen molar-refractivity contribution in [3.8, 4) is 22.8 Å². The van der Waals surface area contributed by atoms with Crippen molar-refractivity contribution in [2.24, 2.45) is 0 Å². The monoisotopic (exact) mass is 267 g/mol. The second-order valence-corrected chi connectivity index (χ2v) is 4.09. The lowest BCUT2D eigenvalue weighted by molar-refractivity contribution is 0.147. The topological polar surface area (TPSA) is 73.2 Å². The van der Waals surface area contributed by atoms with Gasteiger partial charge in [-0.1, -0.05) is 0 Å². The Labute approximate surface area is 107 Å². The van der Waals surface area contributed by atoms with Gasteiger partial charge in [-0.3, -0.25) is 5.10 Å². The maximum Gasteiger partial charge on any atom is 0.264 e. The van der Waals surface area contributed by atoms with Gasteiger partial charge in [-0.25, -0.2) is 8.78 Å². The second-order valence-electron chi connectivity index (χ2n) is 4.09. The van der Waals surface area contributed by atoms with Crippen molar-refractivity contribution in [2.45, 2.75) is 6.43 Å². The van der Waals surface area contributed by atoms with Crippen LogP contribution in [0, 0.1) is 0 Å². The normalized spacial score (nSPS) is 13.8. The molecule has 0 bridgehead atoms. The molecule has 2 aromatic rings. The number of nitrogen functional groups attached to an aromatic ring is 1. The van der Waals surface area contributed by atoms with Gasteiger partial charge >= 0.3 is 0 Å². The highest BCUT2D eigenvalue weighted by Gasteiger charge is 2.22. The molecule has 0 saturated carbocycles. The van der Waals surface area contributed by atoms with Crippen LogP contribution in [0.1, 0.15) is 12.0 Å². The fourth-order valence-corrected chi connectivity index (χ4v) is 1.99. The summed E-state index contributed by atoms with van der Waals surface area (Å²) in [6.07, 6.45) is -2.63. The molecule has 0 atom stereocenters. The molecular weight excluding hydrogens is 256 g/mol. The molecule has 1 aliphatic heterocycles. The van der Waals surface area contributed by atoms with E-state index in [0.717, 1.165) is 0 Å². The number of hydrogen-bond donors (Lipinski definition) is 2. The molecule has 5 nitrogen and oxygen atoms in total. The molecule has 0 fully saturated rings. The number of benzene rings is 1. The van der Waals surface area contributed by atoms with Gasteiger partial charge in [0.05, 0.1) is 5.69 Å². The minimum absolute atomic E-state index is 0.145. The largest absolute Gasteiger partial charge is 0.486 e. The lowest BCUT2D eigenvalue weighted by atomic mass is 10.0. The highest BCUT2D eigenvalue weighted by atomic mass is 19.3. The molecule has 0 radical (unpaired) electrons. The highest BCUT2D eigenvalue weighted by Crippen LogP contribution is 2.40. The van der Waals surface area contributed by atoms with Gasteiger partial charge in [-0.05, 0) is 12.1 Å². The number of rotatable bonds is 2. The van der Waals surface area contributed by atoms with Crippen LogP contribution in [0.5, 0.6) is 11.5 Å². The number of ether oxygens (including phenoxy) is 2. The minimum atomic E-state index is -2.63. The highest BCUT2D eigenvalue weighted by molar-refractivity contribution is 5.70. The molecule has 0 unspecified atom stereocenters. The Balaban J connectivity index is 2.16. The van der Waals surface area contributed by atoms with Gasteiger partial charge in [0.1, 0.15) is 19.0 Å². The summed E-state index contributed by atoms with van der Waals surface area (Å²) in [5, 5.41) is 6.36. The molecule has 3 rings (SSSR count). The number of alkyl halides is 2. The molecule has 1 aromatic carbocycles. The molecule has 7 heteroatoms. The molecule has 0 amide bonds. The third-order valence-electron chi connectivity index (χ3n) is 2.84. The molecule has 1 aliphatic rings. The first-order valence-electron chi connectivity index (χ1n) is 5.68. The van der Waals surface area contributed by atoms with Crippen LogP contribution >= 0.6 is 0 Å². The number of nitrogens with two attached hydrogens (primary N) is 1. The van der Waals surface area contributed by atoms with Crippen LogP contribution in [-0.4, -0.2) is 23.4 Å². The molecule has 3 N–H and O–H groups in total. The second kappa shape index (κ2) is 4.42. The number of aromatic nitrogens is 2. The van der Waals surface area contributed by atoms with Crippen LogP contribution in [0.4, 0.5) is 14.6 Å². The summed E-state index contributed by atoms with van der Waals surface area (Å²) in [4.78, 5) is 0. The molecule has 2 heterocycles. The van der Waals surface area contributed by atoms with Crippen LogP contribution in [0.25, 0.3) is 11.3 Å². The number of H-pyrrole nitrogens is 1. The lowest BCUT2D eigenvalue weighted by Crippen LogP contribution is -2.15. The van der Waals surface area contributed by atoms with Crippen LogP contribution in [0.3, 0.4) is 0 Å². The zero-order valence-corrected chi connectivity index (χ0v) is 9.82. The number of anilines is 1. The predicted octanol–water partition coefficient (Wildman–Crippen LogP) is 2.37. The van der Waals surface area contributed by atoms with Gasteiger partial charge in [0, 0.05) is 17.2 Å². The van der Waals surface area contributed by atoms with E-state index < -0.39 is 6.43 Å². The van der Waals surface area contributed by atoms with Crippen LogP contribution in [-0.2, 0) is 0 Å². The number of hydrogen-bond acceptors (Lipinski definition) is 4. The quantitative estimate of drug-likeness (QED) is 0.876. The standard InChI is InChI=1S/C12H11F2N3O2/c13-12(14)7-4-10-9(18-1-2-19-10)3-6(7)8-5-11(15)17-16-8/h3-5,12H,1-2H2,(H3,15,16,17). The predicted molar refractivity (Wildman–Crippen MR) is 64.4 cm³/mol. The van der Waals surface area contributed by atoms with Crippen molar-refractivity contribution in [1.82, 2.24) is 10.2 Å². The van der Waals surface area contributed by atoms with Crippen molar-refractivity contribution < 1.29 is 18.3 Å². The number of fused-ring (bicyclic) bond motifs is 1. The van der Waals surface area contributed by atoms with E-state index in [-0.39, 0.29) is 11.4 Å². The third-order valence-corrected chi connectivity index (χ3v) is 2.84.